The van der Waals surface area contributed by atoms with E-state index in [1.54, 1.807) is 6.07 Å². The summed E-state index contributed by atoms with van der Waals surface area (Å²) in [6.45, 7) is 0.477. The largest absolute Gasteiger partial charge is 0.493 e. The fourth-order valence-electron chi connectivity index (χ4n) is 3.12. The van der Waals surface area contributed by atoms with E-state index in [1.807, 2.05) is 0 Å². The zero-order chi connectivity index (χ0) is 20.6. The van der Waals surface area contributed by atoms with Gasteiger partial charge in [-0.15, -0.1) is 0 Å². The number of carbonyl (C=O) groups is 1. The van der Waals surface area contributed by atoms with E-state index in [0.29, 0.717) is 29.4 Å². The van der Waals surface area contributed by atoms with Crippen molar-refractivity contribution in [1.29, 1.82) is 0 Å². The molecular weight excluding hydrogens is 405 g/mol. The van der Waals surface area contributed by atoms with Crippen LogP contribution in [0.3, 0.4) is 0 Å². The van der Waals surface area contributed by atoms with Gasteiger partial charge in [-0.25, -0.2) is 4.79 Å². The minimum Gasteiger partial charge on any atom is -0.493 e. The van der Waals surface area contributed by atoms with Crippen LogP contribution in [0.5, 0.6) is 5.75 Å². The van der Waals surface area contributed by atoms with Crippen molar-refractivity contribution in [3.8, 4) is 16.9 Å². The van der Waals surface area contributed by atoms with Gasteiger partial charge in [0.1, 0.15) is 11.9 Å². The van der Waals surface area contributed by atoms with E-state index in [4.69, 9.17) is 21.1 Å². The number of carbonyl (C=O) groups excluding carboxylic acids is 1. The van der Waals surface area contributed by atoms with Crippen LogP contribution in [0.4, 0.5) is 13.2 Å². The van der Waals surface area contributed by atoms with Gasteiger partial charge in [0.2, 0.25) is 0 Å². The second-order valence-electron chi connectivity index (χ2n) is 7.62. The Bertz CT molecular complexity index is 901. The van der Waals surface area contributed by atoms with E-state index in [1.165, 1.54) is 18.2 Å². The van der Waals surface area contributed by atoms with Crippen molar-refractivity contribution in [2.75, 3.05) is 6.61 Å². The predicted octanol–water partition coefficient (Wildman–Crippen LogP) is 6.52. The molecule has 0 radical (unpaired) electrons. The molecule has 2 saturated carbocycles. The maximum Gasteiger partial charge on any atom is 0.416 e. The number of hydrogen-bond acceptors (Lipinski definition) is 3. The van der Waals surface area contributed by atoms with E-state index in [2.05, 4.69) is 0 Å². The highest BCUT2D eigenvalue weighted by Gasteiger charge is 2.30. The summed E-state index contributed by atoms with van der Waals surface area (Å²) in [4.78, 5) is 12.4. The molecule has 0 bridgehead atoms. The van der Waals surface area contributed by atoms with Crippen LogP contribution in [-0.4, -0.2) is 18.7 Å². The molecule has 0 heterocycles. The number of ether oxygens (including phenoxy) is 2. The van der Waals surface area contributed by atoms with Gasteiger partial charge in [0.25, 0.3) is 0 Å². The minimum absolute atomic E-state index is 0.0632. The number of alkyl halides is 3. The lowest BCUT2D eigenvalue weighted by atomic mass is 9.96. The molecule has 0 unspecified atom stereocenters. The fraction of sp³-hybridized carbons (Fsp3) is 0.409. The van der Waals surface area contributed by atoms with Crippen LogP contribution >= 0.6 is 11.6 Å². The Morgan fingerprint density at radius 2 is 1.76 bits per heavy atom. The molecule has 2 aromatic carbocycles. The lowest BCUT2D eigenvalue weighted by Gasteiger charge is -2.25. The molecule has 0 atom stereocenters. The van der Waals surface area contributed by atoms with Crippen LogP contribution in [0.15, 0.2) is 36.4 Å². The first kappa shape index (κ1) is 20.1. The van der Waals surface area contributed by atoms with Crippen molar-refractivity contribution < 1.29 is 27.4 Å². The van der Waals surface area contributed by atoms with Crippen molar-refractivity contribution in [2.45, 2.75) is 44.4 Å². The Balaban J connectivity index is 1.66. The second kappa shape index (κ2) is 7.90. The van der Waals surface area contributed by atoms with E-state index < -0.39 is 17.7 Å². The monoisotopic (exact) mass is 424 g/mol. The standard InChI is InChI=1S/C22H20ClF3O3/c23-18-10-15(21(27)29-17-2-1-3-17)11-19(28-12-13-4-5-13)20(18)14-6-8-16(9-7-14)22(24,25)26/h6-11,13,17H,1-5,12H2. The molecule has 2 fully saturated rings. The molecule has 0 spiro atoms. The van der Waals surface area contributed by atoms with Gasteiger partial charge in [-0.3, -0.25) is 0 Å². The van der Waals surface area contributed by atoms with Gasteiger partial charge < -0.3 is 9.47 Å². The lowest BCUT2D eigenvalue weighted by molar-refractivity contribution is -0.137. The van der Waals surface area contributed by atoms with Crippen molar-refractivity contribution in [1.82, 2.24) is 0 Å². The van der Waals surface area contributed by atoms with E-state index in [9.17, 15) is 18.0 Å². The minimum atomic E-state index is -4.41. The zero-order valence-corrected chi connectivity index (χ0v) is 16.4. The maximum atomic E-state index is 12.9. The van der Waals surface area contributed by atoms with Crippen molar-refractivity contribution in [3.63, 3.8) is 0 Å². The highest BCUT2D eigenvalue weighted by atomic mass is 35.5. The summed E-state index contributed by atoms with van der Waals surface area (Å²) in [5.74, 6) is 0.372. The van der Waals surface area contributed by atoms with E-state index in [0.717, 1.165) is 44.2 Å². The van der Waals surface area contributed by atoms with Crippen LogP contribution in [0.1, 0.15) is 48.0 Å². The van der Waals surface area contributed by atoms with Crippen LogP contribution in [0, 0.1) is 5.92 Å². The summed E-state index contributed by atoms with van der Waals surface area (Å²) in [5, 5.41) is 0.235. The third kappa shape index (κ3) is 4.69. The van der Waals surface area contributed by atoms with E-state index >= 15 is 0 Å². The first-order valence-corrected chi connectivity index (χ1v) is 10.0. The molecule has 3 nitrogen and oxygen atoms in total. The molecule has 0 aromatic heterocycles. The predicted molar refractivity (Wildman–Crippen MR) is 103 cm³/mol. The number of benzene rings is 2. The average Bonchev–Trinajstić information content (AvgIpc) is 3.46. The molecular formula is C22H20ClF3O3. The van der Waals surface area contributed by atoms with Crippen molar-refractivity contribution in [3.05, 3.63) is 52.5 Å². The van der Waals surface area contributed by atoms with Crippen LogP contribution in [-0.2, 0) is 10.9 Å². The number of esters is 1. The summed E-state index contributed by atoms with van der Waals surface area (Å²) in [5.41, 5.74) is 0.510. The third-order valence-electron chi connectivity index (χ3n) is 5.29. The highest BCUT2D eigenvalue weighted by molar-refractivity contribution is 6.34. The van der Waals surface area contributed by atoms with Gasteiger partial charge >= 0.3 is 12.1 Å². The van der Waals surface area contributed by atoms with Gasteiger partial charge in [0.15, 0.2) is 0 Å². The normalized spacial score (nSPS) is 17.0. The molecule has 2 aliphatic carbocycles. The molecule has 2 aliphatic rings. The van der Waals surface area contributed by atoms with Gasteiger partial charge in [0, 0.05) is 5.56 Å². The fourth-order valence-corrected chi connectivity index (χ4v) is 3.44. The van der Waals surface area contributed by atoms with Gasteiger partial charge in [0.05, 0.1) is 22.8 Å². The molecule has 7 heteroatoms. The zero-order valence-electron chi connectivity index (χ0n) is 15.6. The van der Waals surface area contributed by atoms with Gasteiger partial charge in [-0.1, -0.05) is 23.7 Å². The Morgan fingerprint density at radius 3 is 2.31 bits per heavy atom. The van der Waals surface area contributed by atoms with Gasteiger partial charge in [-0.2, -0.15) is 13.2 Å². The summed E-state index contributed by atoms with van der Waals surface area (Å²) < 4.78 is 50.0. The second-order valence-corrected chi connectivity index (χ2v) is 8.03. The molecule has 4 rings (SSSR count). The summed E-state index contributed by atoms with van der Waals surface area (Å²) in [6, 6.07) is 7.80. The lowest BCUT2D eigenvalue weighted by Crippen LogP contribution is -2.25. The number of rotatable bonds is 6. The molecule has 0 saturated heterocycles. The first-order valence-electron chi connectivity index (χ1n) is 9.66. The average molecular weight is 425 g/mol. The van der Waals surface area contributed by atoms with Crippen LogP contribution < -0.4 is 4.74 Å². The summed E-state index contributed by atoms with van der Waals surface area (Å²) in [6.07, 6.45) is 0.429. The van der Waals surface area contributed by atoms with Crippen molar-refractivity contribution >= 4 is 17.6 Å². The first-order chi connectivity index (χ1) is 13.8. The van der Waals surface area contributed by atoms with Crippen LogP contribution in [0.25, 0.3) is 11.1 Å². The SMILES string of the molecule is O=C(OC1CCC1)c1cc(Cl)c(-c2ccc(C(F)(F)F)cc2)c(OCC2CC2)c1. The number of halogens is 4. The number of hydrogen-bond donors (Lipinski definition) is 0. The van der Waals surface area contributed by atoms with E-state index in [-0.39, 0.29) is 16.7 Å². The molecule has 2 aromatic rings. The van der Waals surface area contributed by atoms with Crippen molar-refractivity contribution in [2.24, 2.45) is 5.92 Å². The molecule has 29 heavy (non-hydrogen) atoms. The summed E-state index contributed by atoms with van der Waals surface area (Å²) in [7, 11) is 0. The Morgan fingerprint density at radius 1 is 1.07 bits per heavy atom. The van der Waals surface area contributed by atoms with Crippen LogP contribution in [0.2, 0.25) is 5.02 Å². The smallest absolute Gasteiger partial charge is 0.416 e. The third-order valence-corrected chi connectivity index (χ3v) is 5.59. The summed E-state index contributed by atoms with van der Waals surface area (Å²) >= 11 is 6.45. The Kier molecular flexibility index (Phi) is 5.47. The topological polar surface area (TPSA) is 35.5 Å². The highest BCUT2D eigenvalue weighted by Crippen LogP contribution is 2.41. The molecule has 0 amide bonds. The molecule has 0 aliphatic heterocycles. The quantitative estimate of drug-likeness (QED) is 0.495. The Hall–Kier alpha value is -2.21. The molecule has 0 N–H and O–H groups in total. The van der Waals surface area contributed by atoms with Gasteiger partial charge in [-0.05, 0) is 67.9 Å². The maximum absolute atomic E-state index is 12.9. The Labute approximate surface area is 171 Å². The molecule has 154 valence electrons.